The van der Waals surface area contributed by atoms with Crippen LogP contribution in [-0.4, -0.2) is 10.6 Å². The van der Waals surface area contributed by atoms with Crippen LogP contribution in [0.25, 0.3) is 0 Å². The van der Waals surface area contributed by atoms with E-state index in [9.17, 15) is 0 Å². The van der Waals surface area contributed by atoms with Crippen LogP contribution < -0.4 is 5.73 Å². The molecule has 0 saturated heterocycles. The lowest BCUT2D eigenvalue weighted by molar-refractivity contribution is -0.158. The molecule has 0 aromatic carbocycles. The number of hydroxylamine groups is 2. The summed E-state index contributed by atoms with van der Waals surface area (Å²) in [5.41, 5.74) is 5.87. The molecule has 21 heavy (non-hydrogen) atoms. The zero-order valence-electron chi connectivity index (χ0n) is 14.2. The Bertz CT molecular complexity index is 324. The maximum absolute atomic E-state index is 5.82. The fourth-order valence-electron chi connectivity index (χ4n) is 2.89. The molecule has 1 aliphatic heterocycles. The van der Waals surface area contributed by atoms with Crippen LogP contribution in [0.4, 0.5) is 0 Å². The van der Waals surface area contributed by atoms with Crippen LogP contribution in [0.1, 0.15) is 85.0 Å². The molecule has 0 spiro atoms. The minimum atomic E-state index is 0.0524. The lowest BCUT2D eigenvalue weighted by atomic mass is 9.87. The van der Waals surface area contributed by atoms with Crippen molar-refractivity contribution >= 4 is 0 Å². The van der Waals surface area contributed by atoms with Crippen LogP contribution in [0.5, 0.6) is 0 Å². The summed E-state index contributed by atoms with van der Waals surface area (Å²) in [7, 11) is 0. The van der Waals surface area contributed by atoms with Crippen LogP contribution >= 0.6 is 0 Å². The van der Waals surface area contributed by atoms with Gasteiger partial charge in [-0.3, -0.25) is 0 Å². The highest BCUT2D eigenvalue weighted by atomic mass is 16.7. The molecule has 0 unspecified atom stereocenters. The highest BCUT2D eigenvalue weighted by molar-refractivity contribution is 5.09. The highest BCUT2D eigenvalue weighted by Crippen LogP contribution is 2.31. The average Bonchev–Trinajstić information content (AvgIpc) is 2.48. The molecule has 3 nitrogen and oxygen atoms in total. The van der Waals surface area contributed by atoms with Gasteiger partial charge in [-0.05, 0) is 25.8 Å². The molecule has 122 valence electrons. The van der Waals surface area contributed by atoms with Crippen molar-refractivity contribution in [3.05, 3.63) is 24.2 Å². The van der Waals surface area contributed by atoms with Crippen LogP contribution in [-0.2, 0) is 4.84 Å². The molecule has 0 amide bonds. The molecule has 3 heteroatoms. The second kappa shape index (κ2) is 9.75. The van der Waals surface area contributed by atoms with Crippen molar-refractivity contribution in [1.29, 1.82) is 0 Å². The van der Waals surface area contributed by atoms with E-state index in [1.165, 1.54) is 51.4 Å². The second-order valence-corrected chi connectivity index (χ2v) is 6.45. The van der Waals surface area contributed by atoms with Gasteiger partial charge in [-0.25, -0.2) is 5.06 Å². The van der Waals surface area contributed by atoms with Crippen LogP contribution in [0.15, 0.2) is 24.2 Å². The Kier molecular flexibility index (Phi) is 8.33. The Balaban J connectivity index is 2.55. The summed E-state index contributed by atoms with van der Waals surface area (Å²) in [6.45, 7) is 6.83. The smallest absolute Gasteiger partial charge is 0.217 e. The summed E-state index contributed by atoms with van der Waals surface area (Å²) in [5.74, 6) is 0.492. The van der Waals surface area contributed by atoms with Gasteiger partial charge in [-0.1, -0.05) is 65.2 Å². The molecule has 0 aromatic heterocycles. The fourth-order valence-corrected chi connectivity index (χ4v) is 2.89. The molecule has 0 fully saturated rings. The fraction of sp³-hybridized carbons (Fsp3) is 0.778. The van der Waals surface area contributed by atoms with E-state index in [4.69, 9.17) is 10.6 Å². The molecule has 0 bridgehead atoms. The zero-order chi connectivity index (χ0) is 15.6. The van der Waals surface area contributed by atoms with Crippen molar-refractivity contribution < 1.29 is 4.84 Å². The second-order valence-electron chi connectivity index (χ2n) is 6.45. The molecule has 1 aliphatic rings. The lowest BCUT2D eigenvalue weighted by Crippen LogP contribution is -2.44. The first-order valence-electron chi connectivity index (χ1n) is 8.73. The SMILES string of the molecule is CCCCCCC(C)(CCCCCC)N1C=CC=C(N)O1. The first-order valence-corrected chi connectivity index (χ1v) is 8.73. The van der Waals surface area contributed by atoms with E-state index in [1.807, 2.05) is 23.4 Å². The normalized spacial score (nSPS) is 15.0. The van der Waals surface area contributed by atoms with Gasteiger partial charge in [0.25, 0.3) is 0 Å². The van der Waals surface area contributed by atoms with E-state index in [-0.39, 0.29) is 5.54 Å². The van der Waals surface area contributed by atoms with Crippen molar-refractivity contribution in [3.8, 4) is 0 Å². The zero-order valence-corrected chi connectivity index (χ0v) is 14.2. The Labute approximate surface area is 131 Å². The molecule has 0 saturated carbocycles. The van der Waals surface area contributed by atoms with Gasteiger partial charge >= 0.3 is 0 Å². The Morgan fingerprint density at radius 1 is 1.00 bits per heavy atom. The van der Waals surface area contributed by atoms with Crippen molar-refractivity contribution in [2.24, 2.45) is 5.73 Å². The number of hydrogen-bond acceptors (Lipinski definition) is 3. The third kappa shape index (κ3) is 6.45. The molecule has 0 aliphatic carbocycles. The maximum Gasteiger partial charge on any atom is 0.217 e. The number of nitrogens with zero attached hydrogens (tertiary/aromatic N) is 1. The Morgan fingerprint density at radius 3 is 2.05 bits per heavy atom. The van der Waals surface area contributed by atoms with Crippen molar-refractivity contribution in [3.63, 3.8) is 0 Å². The third-order valence-electron chi connectivity index (χ3n) is 4.36. The van der Waals surface area contributed by atoms with Crippen LogP contribution in [0.2, 0.25) is 0 Å². The third-order valence-corrected chi connectivity index (χ3v) is 4.36. The van der Waals surface area contributed by atoms with Crippen LogP contribution in [0.3, 0.4) is 0 Å². The van der Waals surface area contributed by atoms with Crippen LogP contribution in [0, 0.1) is 0 Å². The maximum atomic E-state index is 5.82. The molecule has 0 radical (unpaired) electrons. The summed E-state index contributed by atoms with van der Waals surface area (Å²) in [6, 6.07) is 0. The summed E-state index contributed by atoms with van der Waals surface area (Å²) < 4.78 is 0. The topological polar surface area (TPSA) is 38.5 Å². The van der Waals surface area contributed by atoms with E-state index < -0.39 is 0 Å². The minimum Gasteiger partial charge on any atom is -0.368 e. The van der Waals surface area contributed by atoms with E-state index in [1.54, 1.807) is 0 Å². The predicted octanol–water partition coefficient (Wildman–Crippen LogP) is 5.25. The number of nitrogens with two attached hydrogens (primary N) is 1. The quantitative estimate of drug-likeness (QED) is 0.529. The molecule has 2 N–H and O–H groups in total. The van der Waals surface area contributed by atoms with Gasteiger partial charge in [-0.2, -0.15) is 0 Å². The standard InChI is InChI=1S/C18H34N2O/c1-4-6-8-10-14-18(3,15-11-9-7-5-2)20-16-12-13-17(19)21-20/h12-13,16H,4-11,14-15,19H2,1-3H3. The first kappa shape index (κ1) is 17.9. The average molecular weight is 294 g/mol. The minimum absolute atomic E-state index is 0.0524. The summed E-state index contributed by atoms with van der Waals surface area (Å²) in [4.78, 5) is 5.75. The van der Waals surface area contributed by atoms with E-state index in [2.05, 4.69) is 20.8 Å². The highest BCUT2D eigenvalue weighted by Gasteiger charge is 2.31. The van der Waals surface area contributed by atoms with Crippen molar-refractivity contribution in [2.45, 2.75) is 90.5 Å². The molecular formula is C18H34N2O. The van der Waals surface area contributed by atoms with Gasteiger partial charge < -0.3 is 10.6 Å². The van der Waals surface area contributed by atoms with E-state index >= 15 is 0 Å². The number of rotatable bonds is 11. The van der Waals surface area contributed by atoms with E-state index in [0.29, 0.717) is 5.88 Å². The Hall–Kier alpha value is -1.12. The van der Waals surface area contributed by atoms with Gasteiger partial charge in [0.1, 0.15) is 0 Å². The van der Waals surface area contributed by atoms with Gasteiger partial charge in [0.05, 0.1) is 5.54 Å². The number of unbranched alkanes of at least 4 members (excludes halogenated alkanes) is 6. The largest absolute Gasteiger partial charge is 0.368 e. The van der Waals surface area contributed by atoms with Gasteiger partial charge in [0.15, 0.2) is 0 Å². The predicted molar refractivity (Wildman–Crippen MR) is 90.3 cm³/mol. The molecule has 0 atom stereocenters. The number of hydrogen-bond donors (Lipinski definition) is 1. The molecule has 1 heterocycles. The number of allylic oxidation sites excluding steroid dienone is 2. The first-order chi connectivity index (χ1) is 10.1. The monoisotopic (exact) mass is 294 g/mol. The lowest BCUT2D eigenvalue weighted by Gasteiger charge is -2.40. The molecular weight excluding hydrogens is 260 g/mol. The van der Waals surface area contributed by atoms with Gasteiger partial charge in [-0.15, -0.1) is 0 Å². The summed E-state index contributed by atoms with van der Waals surface area (Å²) in [5, 5.41) is 1.99. The van der Waals surface area contributed by atoms with Gasteiger partial charge in [0, 0.05) is 12.3 Å². The summed E-state index contributed by atoms with van der Waals surface area (Å²) >= 11 is 0. The van der Waals surface area contributed by atoms with Crippen molar-refractivity contribution in [1.82, 2.24) is 5.06 Å². The van der Waals surface area contributed by atoms with Gasteiger partial charge in [0.2, 0.25) is 5.88 Å². The summed E-state index contributed by atoms with van der Waals surface area (Å²) in [6.07, 6.45) is 18.5. The molecule has 0 aromatic rings. The Morgan fingerprint density at radius 2 is 1.57 bits per heavy atom. The van der Waals surface area contributed by atoms with E-state index in [0.717, 1.165) is 12.8 Å². The van der Waals surface area contributed by atoms with Crippen molar-refractivity contribution in [2.75, 3.05) is 0 Å². The molecule has 1 rings (SSSR count).